The fraction of sp³-hybridized carbons (Fsp3) is 0.650. The molecular weight excluding hydrogens is 326 g/mol. The summed E-state index contributed by atoms with van der Waals surface area (Å²) >= 11 is 0. The van der Waals surface area contributed by atoms with Crippen LogP contribution in [0.15, 0.2) is 18.2 Å². The Hall–Kier alpha value is -2.11. The molecule has 1 unspecified atom stereocenters. The predicted octanol–water partition coefficient (Wildman–Crippen LogP) is 3.09. The van der Waals surface area contributed by atoms with Crippen molar-refractivity contribution in [3.8, 4) is 0 Å². The third kappa shape index (κ3) is 3.55. The summed E-state index contributed by atoms with van der Waals surface area (Å²) in [5, 5.41) is 12.0. The van der Waals surface area contributed by atoms with Gasteiger partial charge < -0.3 is 10.2 Å². The van der Waals surface area contributed by atoms with E-state index in [0.717, 1.165) is 56.1 Å². The van der Waals surface area contributed by atoms with Crippen LogP contribution in [0, 0.1) is 12.8 Å². The monoisotopic (exact) mass is 355 g/mol. The summed E-state index contributed by atoms with van der Waals surface area (Å²) in [4.78, 5) is 15.1. The average molecular weight is 355 g/mol. The molecule has 4 rings (SSSR count). The zero-order valence-electron chi connectivity index (χ0n) is 15.7. The molecule has 2 aliphatic rings. The van der Waals surface area contributed by atoms with Crippen LogP contribution in [0.1, 0.15) is 57.1 Å². The summed E-state index contributed by atoms with van der Waals surface area (Å²) in [6.07, 6.45) is 9.35. The largest absolute Gasteiger partial charge is 0.353 e. The molecule has 1 aliphatic heterocycles. The number of hydrogen-bond acceptors (Lipinski definition) is 4. The van der Waals surface area contributed by atoms with Crippen LogP contribution in [0.4, 0.5) is 5.95 Å². The summed E-state index contributed by atoms with van der Waals surface area (Å²) in [6, 6.07) is 6.42. The highest BCUT2D eigenvalue weighted by Gasteiger charge is 2.29. The minimum Gasteiger partial charge on any atom is -0.353 e. The van der Waals surface area contributed by atoms with Gasteiger partial charge in [-0.15, -0.1) is 10.2 Å². The van der Waals surface area contributed by atoms with Gasteiger partial charge in [-0.2, -0.15) is 0 Å². The fourth-order valence-electron chi connectivity index (χ4n) is 4.40. The molecule has 6 heteroatoms. The normalized spacial score (nSPS) is 22.3. The number of piperidine rings is 1. The Bertz CT molecular complexity index is 763. The van der Waals surface area contributed by atoms with Crippen molar-refractivity contribution in [1.29, 1.82) is 0 Å². The SMILES string of the molecule is Cc1cccc2nnc(N3CCCC(C(=O)NC4CCCCCC4)C3)n12. The molecule has 0 aromatic carbocycles. The average Bonchev–Trinajstić information content (AvgIpc) is 2.94. The molecule has 1 amide bonds. The maximum atomic E-state index is 12.8. The predicted molar refractivity (Wildman–Crippen MR) is 102 cm³/mol. The molecule has 140 valence electrons. The van der Waals surface area contributed by atoms with Crippen LogP contribution in [0.25, 0.3) is 5.65 Å². The molecule has 0 spiro atoms. The van der Waals surface area contributed by atoms with Gasteiger partial charge in [-0.25, -0.2) is 0 Å². The van der Waals surface area contributed by atoms with Gasteiger partial charge in [0.1, 0.15) is 0 Å². The maximum absolute atomic E-state index is 12.8. The Morgan fingerprint density at radius 1 is 1.08 bits per heavy atom. The van der Waals surface area contributed by atoms with E-state index in [4.69, 9.17) is 0 Å². The number of carbonyl (C=O) groups excluding carboxylic acids is 1. The number of aromatic nitrogens is 3. The van der Waals surface area contributed by atoms with E-state index >= 15 is 0 Å². The van der Waals surface area contributed by atoms with Crippen molar-refractivity contribution < 1.29 is 4.79 Å². The number of nitrogens with zero attached hydrogens (tertiary/aromatic N) is 4. The molecule has 0 radical (unpaired) electrons. The van der Waals surface area contributed by atoms with Crippen molar-refractivity contribution in [2.45, 2.75) is 64.3 Å². The van der Waals surface area contributed by atoms with Gasteiger partial charge in [-0.05, 0) is 44.7 Å². The summed E-state index contributed by atoms with van der Waals surface area (Å²) < 4.78 is 2.09. The van der Waals surface area contributed by atoms with Crippen molar-refractivity contribution >= 4 is 17.5 Å². The van der Waals surface area contributed by atoms with E-state index in [1.807, 2.05) is 12.1 Å². The van der Waals surface area contributed by atoms with Crippen molar-refractivity contribution in [2.24, 2.45) is 5.92 Å². The molecule has 3 heterocycles. The molecule has 0 bridgehead atoms. The van der Waals surface area contributed by atoms with Gasteiger partial charge in [-0.3, -0.25) is 9.20 Å². The molecule has 1 saturated heterocycles. The Balaban J connectivity index is 1.46. The first-order chi connectivity index (χ1) is 12.7. The van der Waals surface area contributed by atoms with Gasteiger partial charge in [0.15, 0.2) is 5.65 Å². The number of anilines is 1. The third-order valence-electron chi connectivity index (χ3n) is 5.88. The van der Waals surface area contributed by atoms with E-state index < -0.39 is 0 Å². The molecule has 1 atom stereocenters. The van der Waals surface area contributed by atoms with Crippen LogP contribution in [-0.2, 0) is 4.79 Å². The van der Waals surface area contributed by atoms with E-state index in [1.54, 1.807) is 0 Å². The molecule has 1 aliphatic carbocycles. The van der Waals surface area contributed by atoms with Gasteiger partial charge in [0.25, 0.3) is 0 Å². The van der Waals surface area contributed by atoms with E-state index in [1.165, 1.54) is 25.7 Å². The smallest absolute Gasteiger partial charge is 0.231 e. The first-order valence-electron chi connectivity index (χ1n) is 10.1. The van der Waals surface area contributed by atoms with Crippen LogP contribution in [0.2, 0.25) is 0 Å². The number of fused-ring (bicyclic) bond motifs is 1. The number of aryl methyl sites for hydroxylation is 1. The molecule has 1 N–H and O–H groups in total. The maximum Gasteiger partial charge on any atom is 0.231 e. The van der Waals surface area contributed by atoms with Crippen molar-refractivity contribution in [2.75, 3.05) is 18.0 Å². The first kappa shape index (κ1) is 17.3. The van der Waals surface area contributed by atoms with Gasteiger partial charge >= 0.3 is 0 Å². The van der Waals surface area contributed by atoms with Gasteiger partial charge in [-0.1, -0.05) is 31.7 Å². The lowest BCUT2D eigenvalue weighted by Gasteiger charge is -2.33. The molecular formula is C20H29N5O. The lowest BCUT2D eigenvalue weighted by Crippen LogP contribution is -2.46. The molecule has 6 nitrogen and oxygen atoms in total. The Labute approximate surface area is 155 Å². The Morgan fingerprint density at radius 2 is 1.88 bits per heavy atom. The summed E-state index contributed by atoms with van der Waals surface area (Å²) in [5.74, 6) is 1.14. The minimum absolute atomic E-state index is 0.0448. The van der Waals surface area contributed by atoms with Gasteiger partial charge in [0, 0.05) is 24.8 Å². The molecule has 2 aromatic heterocycles. The van der Waals surface area contributed by atoms with E-state index in [0.29, 0.717) is 6.04 Å². The standard InChI is InChI=1S/C20H29N5O/c1-15-8-6-12-18-22-23-20(25(15)18)24-13-7-9-16(14-24)19(26)21-17-10-4-2-3-5-11-17/h6,8,12,16-17H,2-5,7,9-11,13-14H2,1H3,(H,21,26). The highest BCUT2D eigenvalue weighted by molar-refractivity contribution is 5.79. The topological polar surface area (TPSA) is 62.5 Å². The second-order valence-electron chi connectivity index (χ2n) is 7.84. The van der Waals surface area contributed by atoms with E-state index in [-0.39, 0.29) is 11.8 Å². The quantitative estimate of drug-likeness (QED) is 0.860. The molecule has 1 saturated carbocycles. The molecule has 2 fully saturated rings. The van der Waals surface area contributed by atoms with Crippen molar-refractivity contribution in [3.63, 3.8) is 0 Å². The first-order valence-corrected chi connectivity index (χ1v) is 10.1. The summed E-state index contributed by atoms with van der Waals surface area (Å²) in [5.41, 5.74) is 1.98. The highest BCUT2D eigenvalue weighted by atomic mass is 16.2. The fourth-order valence-corrected chi connectivity index (χ4v) is 4.40. The lowest BCUT2D eigenvalue weighted by molar-refractivity contribution is -0.126. The number of carbonyl (C=O) groups is 1. The highest BCUT2D eigenvalue weighted by Crippen LogP contribution is 2.24. The number of rotatable bonds is 3. The van der Waals surface area contributed by atoms with Crippen LogP contribution in [0.3, 0.4) is 0 Å². The van der Waals surface area contributed by atoms with Crippen LogP contribution >= 0.6 is 0 Å². The Kier molecular flexibility index (Phi) is 5.09. The van der Waals surface area contributed by atoms with Gasteiger partial charge in [0.2, 0.25) is 11.9 Å². The summed E-state index contributed by atoms with van der Waals surface area (Å²) in [6.45, 7) is 3.73. The number of amides is 1. The minimum atomic E-state index is 0.0448. The Morgan fingerprint density at radius 3 is 2.69 bits per heavy atom. The number of nitrogens with one attached hydrogen (secondary N) is 1. The second-order valence-corrected chi connectivity index (χ2v) is 7.84. The number of hydrogen-bond donors (Lipinski definition) is 1. The lowest BCUT2D eigenvalue weighted by atomic mass is 9.96. The van der Waals surface area contributed by atoms with Crippen LogP contribution in [0.5, 0.6) is 0 Å². The van der Waals surface area contributed by atoms with E-state index in [2.05, 4.69) is 37.8 Å². The van der Waals surface area contributed by atoms with Crippen LogP contribution < -0.4 is 10.2 Å². The van der Waals surface area contributed by atoms with Gasteiger partial charge in [0.05, 0.1) is 5.92 Å². The van der Waals surface area contributed by atoms with E-state index in [9.17, 15) is 4.79 Å². The summed E-state index contributed by atoms with van der Waals surface area (Å²) in [7, 11) is 0. The van der Waals surface area contributed by atoms with Crippen molar-refractivity contribution in [1.82, 2.24) is 19.9 Å². The third-order valence-corrected chi connectivity index (χ3v) is 5.88. The zero-order chi connectivity index (χ0) is 17.9. The van der Waals surface area contributed by atoms with Crippen LogP contribution in [-0.4, -0.2) is 39.6 Å². The second kappa shape index (κ2) is 7.64. The molecule has 2 aromatic rings. The molecule has 26 heavy (non-hydrogen) atoms. The van der Waals surface area contributed by atoms with Crippen molar-refractivity contribution in [3.05, 3.63) is 23.9 Å². The zero-order valence-corrected chi connectivity index (χ0v) is 15.7. The number of pyridine rings is 1.